The maximum Gasteiger partial charge on any atom is 0.254 e. The van der Waals surface area contributed by atoms with Gasteiger partial charge in [-0.25, -0.2) is 0 Å². The van der Waals surface area contributed by atoms with Crippen LogP contribution in [0.2, 0.25) is 0 Å². The Kier molecular flexibility index (Phi) is 4.28. The molecule has 1 aliphatic heterocycles. The zero-order chi connectivity index (χ0) is 13.0. The summed E-state index contributed by atoms with van der Waals surface area (Å²) in [5.41, 5.74) is 1.64. The predicted octanol–water partition coefficient (Wildman–Crippen LogP) is 0.189. The summed E-state index contributed by atoms with van der Waals surface area (Å²) in [6.07, 6.45) is 1.70. The Balaban J connectivity index is 2.06. The predicted molar refractivity (Wildman–Crippen MR) is 70.4 cm³/mol. The molecule has 0 aromatic carbocycles. The van der Waals surface area contributed by atoms with Crippen molar-refractivity contribution in [1.29, 1.82) is 0 Å². The first kappa shape index (κ1) is 13.0. The van der Waals surface area contributed by atoms with Crippen LogP contribution in [0.4, 0.5) is 0 Å². The largest absolute Gasteiger partial charge is 0.336 e. The standard InChI is InChI=1S/C13H20N4O/c1-14-10-12-9-11(3-4-15-12)13(18)17-7-5-16(2)6-8-17/h3-4,9,14H,5-8,10H2,1-2H3. The van der Waals surface area contributed by atoms with Crippen molar-refractivity contribution in [3.05, 3.63) is 29.6 Å². The first-order chi connectivity index (χ1) is 8.70. The lowest BCUT2D eigenvalue weighted by molar-refractivity contribution is 0.0664. The van der Waals surface area contributed by atoms with Crippen LogP contribution >= 0.6 is 0 Å². The topological polar surface area (TPSA) is 48.5 Å². The van der Waals surface area contributed by atoms with Crippen LogP contribution < -0.4 is 5.32 Å². The summed E-state index contributed by atoms with van der Waals surface area (Å²) in [6, 6.07) is 3.66. The fraction of sp³-hybridized carbons (Fsp3) is 0.538. The number of likely N-dealkylation sites (N-methyl/N-ethyl adjacent to an activating group) is 1. The first-order valence-corrected chi connectivity index (χ1v) is 6.28. The average molecular weight is 248 g/mol. The van der Waals surface area contributed by atoms with Gasteiger partial charge in [-0.3, -0.25) is 9.78 Å². The highest BCUT2D eigenvalue weighted by Crippen LogP contribution is 2.09. The molecule has 0 saturated carbocycles. The van der Waals surface area contributed by atoms with E-state index in [1.54, 1.807) is 12.3 Å². The van der Waals surface area contributed by atoms with Crippen molar-refractivity contribution in [3.8, 4) is 0 Å². The Morgan fingerprint density at radius 1 is 1.39 bits per heavy atom. The molecule has 0 spiro atoms. The Bertz CT molecular complexity index is 413. The Labute approximate surface area is 108 Å². The molecular formula is C13H20N4O. The van der Waals surface area contributed by atoms with E-state index in [-0.39, 0.29) is 5.91 Å². The zero-order valence-electron chi connectivity index (χ0n) is 11.0. The smallest absolute Gasteiger partial charge is 0.254 e. The van der Waals surface area contributed by atoms with E-state index < -0.39 is 0 Å². The molecule has 0 aliphatic carbocycles. The molecule has 1 amide bonds. The molecule has 1 N–H and O–H groups in total. The van der Waals surface area contributed by atoms with E-state index in [0.29, 0.717) is 6.54 Å². The number of piperazine rings is 1. The normalized spacial score (nSPS) is 16.9. The van der Waals surface area contributed by atoms with Gasteiger partial charge in [-0.2, -0.15) is 0 Å². The summed E-state index contributed by atoms with van der Waals surface area (Å²) in [5.74, 6) is 0.114. The van der Waals surface area contributed by atoms with Gasteiger partial charge in [0.25, 0.3) is 5.91 Å². The summed E-state index contributed by atoms with van der Waals surface area (Å²) in [7, 11) is 3.95. The Hall–Kier alpha value is -1.46. The number of rotatable bonds is 3. The molecule has 5 nitrogen and oxygen atoms in total. The molecule has 1 fully saturated rings. The lowest BCUT2D eigenvalue weighted by atomic mass is 10.2. The number of carbonyl (C=O) groups is 1. The summed E-state index contributed by atoms with van der Waals surface area (Å²) >= 11 is 0. The fourth-order valence-corrected chi connectivity index (χ4v) is 2.08. The van der Waals surface area contributed by atoms with E-state index in [9.17, 15) is 4.79 Å². The van der Waals surface area contributed by atoms with Crippen molar-refractivity contribution >= 4 is 5.91 Å². The number of amides is 1. The molecular weight excluding hydrogens is 228 g/mol. The second-order valence-corrected chi connectivity index (χ2v) is 4.66. The summed E-state index contributed by atoms with van der Waals surface area (Å²) in [6.45, 7) is 4.18. The summed E-state index contributed by atoms with van der Waals surface area (Å²) in [4.78, 5) is 20.7. The molecule has 18 heavy (non-hydrogen) atoms. The average Bonchev–Trinajstić information content (AvgIpc) is 2.39. The molecule has 2 rings (SSSR count). The van der Waals surface area contributed by atoms with Crippen molar-refractivity contribution in [2.45, 2.75) is 6.54 Å². The van der Waals surface area contributed by atoms with Crippen molar-refractivity contribution in [1.82, 2.24) is 20.1 Å². The number of hydrogen-bond donors (Lipinski definition) is 1. The molecule has 1 aliphatic rings. The molecule has 0 radical (unpaired) electrons. The second kappa shape index (κ2) is 5.93. The molecule has 2 heterocycles. The SMILES string of the molecule is CNCc1cc(C(=O)N2CCN(C)CC2)ccn1. The Morgan fingerprint density at radius 3 is 2.78 bits per heavy atom. The van der Waals surface area contributed by atoms with Crippen LogP contribution in [0.1, 0.15) is 16.1 Å². The third-order valence-electron chi connectivity index (χ3n) is 3.21. The first-order valence-electron chi connectivity index (χ1n) is 6.28. The summed E-state index contributed by atoms with van der Waals surface area (Å²) in [5, 5.41) is 3.04. The van der Waals surface area contributed by atoms with Crippen LogP contribution in [0.5, 0.6) is 0 Å². The van der Waals surface area contributed by atoms with Gasteiger partial charge >= 0.3 is 0 Å². The van der Waals surface area contributed by atoms with Crippen molar-refractivity contribution in [2.75, 3.05) is 40.3 Å². The van der Waals surface area contributed by atoms with Gasteiger partial charge in [-0.05, 0) is 26.2 Å². The lowest BCUT2D eigenvalue weighted by Gasteiger charge is -2.32. The van der Waals surface area contributed by atoms with Crippen LogP contribution in [-0.4, -0.2) is 61.0 Å². The van der Waals surface area contributed by atoms with Gasteiger partial charge in [0.2, 0.25) is 0 Å². The van der Waals surface area contributed by atoms with Crippen LogP contribution in [0.3, 0.4) is 0 Å². The van der Waals surface area contributed by atoms with E-state index in [4.69, 9.17) is 0 Å². The molecule has 1 aromatic rings. The Morgan fingerprint density at radius 2 is 2.11 bits per heavy atom. The molecule has 1 saturated heterocycles. The molecule has 0 bridgehead atoms. The van der Waals surface area contributed by atoms with E-state index in [0.717, 1.165) is 37.4 Å². The highest BCUT2D eigenvalue weighted by Gasteiger charge is 2.20. The van der Waals surface area contributed by atoms with Crippen LogP contribution in [-0.2, 0) is 6.54 Å². The minimum Gasteiger partial charge on any atom is -0.336 e. The highest BCUT2D eigenvalue weighted by atomic mass is 16.2. The highest BCUT2D eigenvalue weighted by molar-refractivity contribution is 5.94. The molecule has 0 atom stereocenters. The molecule has 0 unspecified atom stereocenters. The number of hydrogen-bond acceptors (Lipinski definition) is 4. The lowest BCUT2D eigenvalue weighted by Crippen LogP contribution is -2.47. The number of aromatic nitrogens is 1. The monoisotopic (exact) mass is 248 g/mol. The minimum atomic E-state index is 0.114. The van der Waals surface area contributed by atoms with E-state index in [2.05, 4.69) is 22.2 Å². The van der Waals surface area contributed by atoms with Gasteiger partial charge in [-0.15, -0.1) is 0 Å². The van der Waals surface area contributed by atoms with Crippen LogP contribution in [0.25, 0.3) is 0 Å². The van der Waals surface area contributed by atoms with Gasteiger partial charge in [0.15, 0.2) is 0 Å². The number of nitrogens with zero attached hydrogens (tertiary/aromatic N) is 3. The van der Waals surface area contributed by atoms with E-state index in [1.807, 2.05) is 18.0 Å². The van der Waals surface area contributed by atoms with Crippen molar-refractivity contribution in [2.24, 2.45) is 0 Å². The number of pyridine rings is 1. The van der Waals surface area contributed by atoms with Gasteiger partial charge < -0.3 is 15.1 Å². The zero-order valence-corrected chi connectivity index (χ0v) is 11.0. The van der Waals surface area contributed by atoms with Crippen molar-refractivity contribution in [3.63, 3.8) is 0 Å². The fourth-order valence-electron chi connectivity index (χ4n) is 2.08. The summed E-state index contributed by atoms with van der Waals surface area (Å²) < 4.78 is 0. The van der Waals surface area contributed by atoms with Crippen molar-refractivity contribution < 1.29 is 4.79 Å². The quantitative estimate of drug-likeness (QED) is 0.829. The third-order valence-corrected chi connectivity index (χ3v) is 3.21. The van der Waals surface area contributed by atoms with Gasteiger partial charge in [-0.1, -0.05) is 0 Å². The molecule has 98 valence electrons. The molecule has 5 heteroatoms. The van der Waals surface area contributed by atoms with Gasteiger partial charge in [0, 0.05) is 44.5 Å². The van der Waals surface area contributed by atoms with Gasteiger partial charge in [0.1, 0.15) is 0 Å². The number of carbonyl (C=O) groups excluding carboxylic acids is 1. The maximum atomic E-state index is 12.3. The minimum absolute atomic E-state index is 0.114. The van der Waals surface area contributed by atoms with E-state index in [1.165, 1.54) is 0 Å². The third kappa shape index (κ3) is 3.05. The van der Waals surface area contributed by atoms with Crippen LogP contribution in [0, 0.1) is 0 Å². The van der Waals surface area contributed by atoms with E-state index >= 15 is 0 Å². The van der Waals surface area contributed by atoms with Gasteiger partial charge in [0.05, 0.1) is 5.69 Å². The number of nitrogens with one attached hydrogen (secondary N) is 1. The maximum absolute atomic E-state index is 12.3. The second-order valence-electron chi connectivity index (χ2n) is 4.66. The molecule has 1 aromatic heterocycles. The van der Waals surface area contributed by atoms with Crippen LogP contribution in [0.15, 0.2) is 18.3 Å².